The van der Waals surface area contributed by atoms with Crippen LogP contribution in [-0.4, -0.2) is 61.0 Å². The molecule has 218 valence electrons. The number of likely N-dealkylation sites (tertiary alicyclic amines) is 1. The van der Waals surface area contributed by atoms with Gasteiger partial charge in [0, 0.05) is 30.6 Å². The zero-order valence-electron chi connectivity index (χ0n) is 23.9. The predicted octanol–water partition coefficient (Wildman–Crippen LogP) is 4.92. The molecule has 1 N–H and O–H groups in total. The highest BCUT2D eigenvalue weighted by molar-refractivity contribution is 5.82. The normalized spacial score (nSPS) is 38.5. The van der Waals surface area contributed by atoms with Crippen LogP contribution in [0.2, 0.25) is 0 Å². The van der Waals surface area contributed by atoms with Crippen molar-refractivity contribution in [1.82, 2.24) is 19.4 Å². The lowest BCUT2D eigenvalue weighted by Gasteiger charge is -2.54. The van der Waals surface area contributed by atoms with Gasteiger partial charge in [0.15, 0.2) is 0 Å². The molecule has 2 aromatic rings. The Bertz CT molecular complexity index is 1420. The van der Waals surface area contributed by atoms with E-state index in [2.05, 4.69) is 4.90 Å². The number of aromatic nitrogens is 2. The maximum Gasteiger partial charge on any atom is 0.323 e. The second kappa shape index (κ2) is 9.92. The highest BCUT2D eigenvalue weighted by atomic mass is 16.4. The molecule has 8 heteroatoms. The Morgan fingerprint density at radius 3 is 2.44 bits per heavy atom. The number of rotatable bonds is 5. The highest BCUT2D eigenvalue weighted by Gasteiger charge is 2.53. The number of hydrogen-bond donors (Lipinski definition) is 1. The summed E-state index contributed by atoms with van der Waals surface area (Å²) in [6.07, 6.45) is 14.3. The van der Waals surface area contributed by atoms with Gasteiger partial charge in [0.05, 0.1) is 17.1 Å². The molecule has 3 aliphatic heterocycles. The Kier molecular flexibility index (Phi) is 6.28. The number of hydrogen-bond acceptors (Lipinski definition) is 5. The molecular formula is C33H42N4O4. The average molecular weight is 559 g/mol. The van der Waals surface area contributed by atoms with Crippen LogP contribution in [0.5, 0.6) is 0 Å². The number of para-hydroxylation sites is 2. The maximum atomic E-state index is 14.4. The summed E-state index contributed by atoms with van der Waals surface area (Å²) < 4.78 is 2.00. The number of carbonyl (C=O) groups is 2. The van der Waals surface area contributed by atoms with Crippen LogP contribution in [0.1, 0.15) is 101 Å². The maximum absolute atomic E-state index is 14.4. The van der Waals surface area contributed by atoms with Crippen molar-refractivity contribution < 1.29 is 14.7 Å². The van der Waals surface area contributed by atoms with Gasteiger partial charge >= 0.3 is 5.97 Å². The lowest BCUT2D eigenvalue weighted by molar-refractivity contribution is -0.148. The van der Waals surface area contributed by atoms with Crippen LogP contribution in [0.15, 0.2) is 29.1 Å². The zero-order chi connectivity index (χ0) is 27.8. The molecule has 4 heterocycles. The molecule has 3 saturated carbocycles. The van der Waals surface area contributed by atoms with E-state index in [4.69, 9.17) is 4.98 Å². The summed E-state index contributed by atoms with van der Waals surface area (Å²) in [5.74, 6) is 2.63. The molecule has 4 bridgehead atoms. The number of piperidine rings is 3. The Balaban J connectivity index is 1.14. The van der Waals surface area contributed by atoms with Crippen molar-refractivity contribution in [3.05, 3.63) is 40.3 Å². The van der Waals surface area contributed by atoms with E-state index in [1.807, 2.05) is 28.8 Å². The third kappa shape index (κ3) is 4.26. The van der Waals surface area contributed by atoms with E-state index in [0.717, 1.165) is 47.5 Å². The van der Waals surface area contributed by atoms with Crippen LogP contribution in [0.25, 0.3) is 11.0 Å². The summed E-state index contributed by atoms with van der Waals surface area (Å²) >= 11 is 0. The molecule has 1 amide bonds. The first-order chi connectivity index (χ1) is 19.9. The van der Waals surface area contributed by atoms with E-state index in [1.54, 1.807) is 0 Å². The molecule has 0 radical (unpaired) electrons. The van der Waals surface area contributed by atoms with E-state index in [1.165, 1.54) is 56.3 Å². The summed E-state index contributed by atoms with van der Waals surface area (Å²) in [4.78, 5) is 48.0. The van der Waals surface area contributed by atoms with Gasteiger partial charge < -0.3 is 14.6 Å². The second-order valence-electron chi connectivity index (χ2n) is 14.2. The van der Waals surface area contributed by atoms with Gasteiger partial charge in [-0.3, -0.25) is 19.3 Å². The van der Waals surface area contributed by atoms with Crippen molar-refractivity contribution in [3.8, 4) is 0 Å². The molecular weight excluding hydrogens is 516 g/mol. The fourth-order valence-electron chi connectivity index (χ4n) is 10.5. The standard InChI is InChI=1S/C33H42N4O4/c38-30-10-4-9-29(35(30)18-31(39)40)32-33(41)37(28-8-2-1-7-27(28)34-32)25-16-22-5-3-6-23(17-25)36(22)24-12-19-11-20-14-21(15-24)26(20)13-19/h1-2,7-8,19-26,29H,3-6,9-18H2,(H,39,40)/t19-,20+,21+,22-,23+,24-,25?,26?,29?/m1/s1. The quantitative estimate of drug-likeness (QED) is 0.560. The summed E-state index contributed by atoms with van der Waals surface area (Å²) in [6, 6.07) is 9.08. The fourth-order valence-corrected chi connectivity index (χ4v) is 10.5. The summed E-state index contributed by atoms with van der Waals surface area (Å²) in [5, 5.41) is 9.54. The van der Waals surface area contributed by atoms with Crippen LogP contribution in [0.3, 0.4) is 0 Å². The molecule has 3 unspecified atom stereocenters. The number of fused-ring (bicyclic) bond motifs is 4. The minimum absolute atomic E-state index is 0.0863. The number of carboxylic acid groups (broad SMARTS) is 1. The molecule has 3 aliphatic carbocycles. The van der Waals surface area contributed by atoms with Crippen molar-refractivity contribution in [2.45, 2.75) is 114 Å². The van der Waals surface area contributed by atoms with Gasteiger partial charge in [0.25, 0.3) is 5.56 Å². The third-order valence-corrected chi connectivity index (χ3v) is 12.0. The van der Waals surface area contributed by atoms with Gasteiger partial charge in [-0.1, -0.05) is 18.6 Å². The van der Waals surface area contributed by atoms with Crippen molar-refractivity contribution in [1.29, 1.82) is 0 Å². The molecule has 9 atom stereocenters. The first-order valence-corrected chi connectivity index (χ1v) is 16.2. The topological polar surface area (TPSA) is 95.7 Å². The molecule has 3 saturated heterocycles. The van der Waals surface area contributed by atoms with E-state index >= 15 is 0 Å². The van der Waals surface area contributed by atoms with Gasteiger partial charge in [0.2, 0.25) is 5.91 Å². The molecule has 6 aliphatic rings. The van der Waals surface area contributed by atoms with Crippen LogP contribution in [0.4, 0.5) is 0 Å². The predicted molar refractivity (Wildman–Crippen MR) is 154 cm³/mol. The zero-order valence-corrected chi connectivity index (χ0v) is 23.9. The third-order valence-electron chi connectivity index (χ3n) is 12.0. The van der Waals surface area contributed by atoms with Gasteiger partial charge in [0.1, 0.15) is 12.2 Å². The molecule has 8 nitrogen and oxygen atoms in total. The van der Waals surface area contributed by atoms with E-state index in [9.17, 15) is 19.5 Å². The van der Waals surface area contributed by atoms with E-state index in [0.29, 0.717) is 43.1 Å². The van der Waals surface area contributed by atoms with Crippen molar-refractivity contribution in [2.75, 3.05) is 6.54 Å². The summed E-state index contributed by atoms with van der Waals surface area (Å²) in [6.45, 7) is -0.398. The number of carbonyl (C=O) groups excluding carboxylic acids is 1. The van der Waals surface area contributed by atoms with Crippen molar-refractivity contribution >= 4 is 22.9 Å². The Labute approximate surface area is 241 Å². The minimum atomic E-state index is -1.06. The molecule has 1 aromatic carbocycles. The molecule has 0 spiro atoms. The van der Waals surface area contributed by atoms with Crippen LogP contribution in [0, 0.1) is 23.7 Å². The SMILES string of the molecule is O=C(O)CN1C(=O)CCCC1c1nc2ccccc2n(C2C[C@H]3CCC[C@@H](C2)N3[C@@H]2C[C@@H]3CC4[C@@H](C3)C[C@H]4C2)c1=O. The smallest absolute Gasteiger partial charge is 0.323 e. The summed E-state index contributed by atoms with van der Waals surface area (Å²) in [5.41, 5.74) is 1.81. The molecule has 6 fully saturated rings. The van der Waals surface area contributed by atoms with Gasteiger partial charge in [-0.25, -0.2) is 4.98 Å². The Hall–Kier alpha value is -2.74. The lowest BCUT2D eigenvalue weighted by atomic mass is 9.64. The summed E-state index contributed by atoms with van der Waals surface area (Å²) in [7, 11) is 0. The average Bonchev–Trinajstić information content (AvgIpc) is 3.17. The fraction of sp³-hybridized carbons (Fsp3) is 0.697. The lowest BCUT2D eigenvalue weighted by Crippen LogP contribution is -2.58. The van der Waals surface area contributed by atoms with Crippen molar-refractivity contribution in [3.63, 3.8) is 0 Å². The number of carboxylic acids is 1. The molecule has 1 aromatic heterocycles. The minimum Gasteiger partial charge on any atom is -0.480 e. The number of amides is 1. The van der Waals surface area contributed by atoms with E-state index in [-0.39, 0.29) is 17.5 Å². The first kappa shape index (κ1) is 25.9. The van der Waals surface area contributed by atoms with Crippen molar-refractivity contribution in [2.24, 2.45) is 23.7 Å². The number of aliphatic carboxylic acids is 1. The number of benzene rings is 1. The Morgan fingerprint density at radius 1 is 0.854 bits per heavy atom. The molecule has 8 rings (SSSR count). The van der Waals surface area contributed by atoms with Crippen LogP contribution < -0.4 is 5.56 Å². The van der Waals surface area contributed by atoms with Gasteiger partial charge in [-0.15, -0.1) is 0 Å². The van der Waals surface area contributed by atoms with Gasteiger partial charge in [-0.2, -0.15) is 0 Å². The largest absolute Gasteiger partial charge is 0.480 e. The molecule has 41 heavy (non-hydrogen) atoms. The van der Waals surface area contributed by atoms with Crippen LogP contribution >= 0.6 is 0 Å². The monoisotopic (exact) mass is 558 g/mol. The first-order valence-electron chi connectivity index (χ1n) is 16.2. The van der Waals surface area contributed by atoms with Crippen LogP contribution in [-0.2, 0) is 9.59 Å². The van der Waals surface area contributed by atoms with Gasteiger partial charge in [-0.05, 0) is 106 Å². The number of nitrogens with zero attached hydrogens (tertiary/aromatic N) is 4. The van der Waals surface area contributed by atoms with E-state index < -0.39 is 18.6 Å². The highest BCUT2D eigenvalue weighted by Crippen LogP contribution is 2.59. The second-order valence-corrected chi connectivity index (χ2v) is 14.2. The Morgan fingerprint density at radius 2 is 1.63 bits per heavy atom.